The van der Waals surface area contributed by atoms with Crippen LogP contribution in [0.5, 0.6) is 0 Å². The number of quaternary nitrogens is 1. The molecular weight excluding hydrogens is 360 g/mol. The molecule has 0 saturated carbocycles. The van der Waals surface area contributed by atoms with Crippen molar-refractivity contribution >= 4 is 11.7 Å². The summed E-state index contributed by atoms with van der Waals surface area (Å²) in [5, 5.41) is 21.0. The zero-order valence-corrected chi connectivity index (χ0v) is 15.7. The van der Waals surface area contributed by atoms with Crippen LogP contribution in [-0.2, 0) is 14.9 Å². The largest absolute Gasteiger partial charge is 0.477 e. The van der Waals surface area contributed by atoms with E-state index in [0.717, 1.165) is 11.3 Å². The highest BCUT2D eigenvalue weighted by Gasteiger charge is 2.82. The number of hydrogen-bond acceptors (Lipinski definition) is 4. The number of benzene rings is 1. The summed E-state index contributed by atoms with van der Waals surface area (Å²) < 4.78 is 6.90. The highest BCUT2D eigenvalue weighted by Crippen LogP contribution is 2.65. The van der Waals surface area contributed by atoms with Gasteiger partial charge in [-0.05, 0) is 26.0 Å². The number of allylic oxidation sites excluding steroid dienone is 5. The van der Waals surface area contributed by atoms with Crippen LogP contribution in [-0.4, -0.2) is 34.3 Å². The van der Waals surface area contributed by atoms with Crippen molar-refractivity contribution in [3.05, 3.63) is 75.2 Å². The summed E-state index contributed by atoms with van der Waals surface area (Å²) in [6, 6.07) is 7.40. The molecule has 5 rings (SSSR count). The van der Waals surface area contributed by atoms with Crippen LogP contribution in [0.2, 0.25) is 0 Å². The fourth-order valence-corrected chi connectivity index (χ4v) is 5.43. The van der Waals surface area contributed by atoms with E-state index < -0.39 is 23.2 Å². The predicted molar refractivity (Wildman–Crippen MR) is 102 cm³/mol. The van der Waals surface area contributed by atoms with Crippen molar-refractivity contribution in [1.82, 2.24) is 4.48 Å². The number of fused-ring (bicyclic) bond motifs is 3. The van der Waals surface area contributed by atoms with Crippen LogP contribution in [0.25, 0.3) is 0 Å². The molecule has 1 aromatic carbocycles. The van der Waals surface area contributed by atoms with Crippen molar-refractivity contribution in [2.75, 3.05) is 6.54 Å². The second-order valence-corrected chi connectivity index (χ2v) is 8.45. The SMILES string of the molecule is CC1(C)c2ccccc2[N+]2(CC2C(=O)O)[C@@]12C=CC1=C(CCC([N+](=O)[O-])=C1)O2. The molecule has 3 atom stereocenters. The van der Waals surface area contributed by atoms with E-state index in [4.69, 9.17) is 4.74 Å². The Morgan fingerprint density at radius 1 is 1.32 bits per heavy atom. The summed E-state index contributed by atoms with van der Waals surface area (Å²) in [5.74, 6) is -0.120. The molecule has 0 bridgehead atoms. The standard InChI is InChI=1S/C21H20N2O5/c1-20(2)15-5-3-4-6-16(15)23(12-17(23)19(24)25)21(20)10-9-13-11-14(22(26)27)7-8-18(13)28-21/h3-6,9-11,17H,7-8,12H2,1-2H3/p+1/t17?,21-,23?/m1/s1. The monoisotopic (exact) mass is 381 g/mol. The molecule has 2 spiro atoms. The second kappa shape index (κ2) is 5.11. The van der Waals surface area contributed by atoms with Gasteiger partial charge in [0.25, 0.3) is 5.72 Å². The summed E-state index contributed by atoms with van der Waals surface area (Å²) in [4.78, 5) is 22.8. The van der Waals surface area contributed by atoms with Crippen molar-refractivity contribution < 1.29 is 19.6 Å². The first-order valence-electron chi connectivity index (χ1n) is 9.42. The summed E-state index contributed by atoms with van der Waals surface area (Å²) in [7, 11) is 0. The Balaban J connectivity index is 1.68. The summed E-state index contributed by atoms with van der Waals surface area (Å²) in [6.45, 7) is 4.65. The van der Waals surface area contributed by atoms with Gasteiger partial charge in [0.1, 0.15) is 11.4 Å². The van der Waals surface area contributed by atoms with Crippen LogP contribution in [0.3, 0.4) is 0 Å². The van der Waals surface area contributed by atoms with Crippen LogP contribution in [0.15, 0.2) is 59.5 Å². The first-order chi connectivity index (χ1) is 13.2. The fraction of sp³-hybridized carbons (Fsp3) is 0.381. The second-order valence-electron chi connectivity index (χ2n) is 8.45. The number of carboxylic acid groups (broad SMARTS) is 1. The molecule has 1 saturated heterocycles. The van der Waals surface area contributed by atoms with Crippen LogP contribution in [0.1, 0.15) is 32.3 Å². The Hall–Kier alpha value is -2.93. The number of carbonyl (C=O) groups is 1. The Morgan fingerprint density at radius 3 is 2.75 bits per heavy atom. The van der Waals surface area contributed by atoms with Crippen molar-refractivity contribution in [3.63, 3.8) is 0 Å². The van der Waals surface area contributed by atoms with Crippen LogP contribution in [0.4, 0.5) is 5.69 Å². The molecule has 0 aromatic heterocycles. The van der Waals surface area contributed by atoms with Crippen molar-refractivity contribution in [2.24, 2.45) is 0 Å². The zero-order chi connectivity index (χ0) is 19.9. The first-order valence-corrected chi connectivity index (χ1v) is 9.42. The molecule has 144 valence electrons. The molecule has 1 aliphatic carbocycles. The van der Waals surface area contributed by atoms with Gasteiger partial charge < -0.3 is 9.84 Å². The fourth-order valence-electron chi connectivity index (χ4n) is 5.43. The molecule has 0 amide bonds. The van der Waals surface area contributed by atoms with Gasteiger partial charge in [-0.3, -0.25) is 10.1 Å². The molecule has 7 heteroatoms. The van der Waals surface area contributed by atoms with Crippen molar-refractivity contribution in [2.45, 2.75) is 43.9 Å². The molecule has 28 heavy (non-hydrogen) atoms. The number of ether oxygens (including phenoxy) is 1. The maximum Gasteiger partial charge on any atom is 0.369 e. The van der Waals surface area contributed by atoms with E-state index in [9.17, 15) is 20.0 Å². The quantitative estimate of drug-likeness (QED) is 0.368. The molecule has 7 nitrogen and oxygen atoms in total. The summed E-state index contributed by atoms with van der Waals surface area (Å²) in [5.41, 5.74) is 1.63. The van der Waals surface area contributed by atoms with Gasteiger partial charge in [-0.1, -0.05) is 18.2 Å². The summed E-state index contributed by atoms with van der Waals surface area (Å²) in [6.07, 6.45) is 6.14. The zero-order valence-electron chi connectivity index (χ0n) is 15.7. The minimum Gasteiger partial charge on any atom is -0.477 e. The first kappa shape index (κ1) is 17.2. The number of nitrogens with zero attached hydrogens (tertiary/aromatic N) is 2. The highest BCUT2D eigenvalue weighted by atomic mass is 16.6. The molecule has 4 aliphatic rings. The van der Waals surface area contributed by atoms with Gasteiger partial charge in [-0.2, -0.15) is 0 Å². The van der Waals surface area contributed by atoms with Gasteiger partial charge in [0.15, 0.2) is 6.54 Å². The van der Waals surface area contributed by atoms with Gasteiger partial charge in [0.05, 0.1) is 10.3 Å². The van der Waals surface area contributed by atoms with Gasteiger partial charge in [0.2, 0.25) is 11.7 Å². The van der Waals surface area contributed by atoms with Crippen molar-refractivity contribution in [1.29, 1.82) is 0 Å². The minimum atomic E-state index is -0.876. The number of rotatable bonds is 2. The third-order valence-corrected chi connectivity index (χ3v) is 6.89. The van der Waals surface area contributed by atoms with E-state index in [1.54, 1.807) is 6.08 Å². The molecule has 1 aromatic rings. The maximum atomic E-state index is 12.0. The van der Waals surface area contributed by atoms with E-state index in [-0.39, 0.29) is 15.1 Å². The van der Waals surface area contributed by atoms with Gasteiger partial charge in [-0.15, -0.1) is 0 Å². The number of hydrogen-bond donors (Lipinski definition) is 1. The van der Waals surface area contributed by atoms with Gasteiger partial charge >= 0.3 is 5.97 Å². The molecule has 2 unspecified atom stereocenters. The van der Waals surface area contributed by atoms with Crippen LogP contribution >= 0.6 is 0 Å². The Morgan fingerprint density at radius 2 is 2.07 bits per heavy atom. The number of carboxylic acids is 1. The highest BCUT2D eigenvalue weighted by molar-refractivity contribution is 5.86. The van der Waals surface area contributed by atoms with Gasteiger partial charge in [0, 0.05) is 36.1 Å². The predicted octanol–water partition coefficient (Wildman–Crippen LogP) is 3.24. The molecule has 0 radical (unpaired) electrons. The van der Waals surface area contributed by atoms with Crippen LogP contribution in [0, 0.1) is 10.1 Å². The molecule has 3 aliphatic heterocycles. The third-order valence-electron chi connectivity index (χ3n) is 6.89. The molecule has 1 fully saturated rings. The lowest BCUT2D eigenvalue weighted by Gasteiger charge is -2.44. The molecule has 3 heterocycles. The average Bonchev–Trinajstić information content (AvgIpc) is 3.41. The topological polar surface area (TPSA) is 89.7 Å². The lowest BCUT2D eigenvalue weighted by atomic mass is 9.76. The van der Waals surface area contributed by atoms with Gasteiger partial charge in [-0.25, -0.2) is 9.28 Å². The molecular formula is C21H21N2O5+. The smallest absolute Gasteiger partial charge is 0.369 e. The van der Waals surface area contributed by atoms with E-state index in [1.807, 2.05) is 36.4 Å². The number of nitro groups is 1. The van der Waals surface area contributed by atoms with Crippen LogP contribution < -0.4 is 4.48 Å². The minimum absolute atomic E-state index is 0.177. The van der Waals surface area contributed by atoms with E-state index in [2.05, 4.69) is 13.8 Å². The van der Waals surface area contributed by atoms with Crippen molar-refractivity contribution in [3.8, 4) is 0 Å². The van der Waals surface area contributed by atoms with E-state index >= 15 is 0 Å². The van der Waals surface area contributed by atoms with E-state index in [1.165, 1.54) is 0 Å². The average molecular weight is 381 g/mol. The lowest BCUT2D eigenvalue weighted by Crippen LogP contribution is -2.61. The maximum absolute atomic E-state index is 12.0. The molecule has 1 N–H and O–H groups in total. The normalized spacial score (nSPS) is 33.9. The number of aliphatic carboxylic acids is 1. The lowest BCUT2D eigenvalue weighted by molar-refractivity contribution is -0.428. The van der Waals surface area contributed by atoms with E-state index in [0.29, 0.717) is 30.7 Å². The summed E-state index contributed by atoms with van der Waals surface area (Å²) >= 11 is 0. The third kappa shape index (κ3) is 1.80. The Labute approximate surface area is 162 Å². The Bertz CT molecular complexity index is 1040. The number of para-hydroxylation sites is 1. The Kier molecular flexibility index (Phi) is 3.14.